The van der Waals surface area contributed by atoms with E-state index in [1.54, 1.807) is 4.52 Å². The zero-order valence-corrected chi connectivity index (χ0v) is 11.2. The fourth-order valence-electron chi connectivity index (χ4n) is 2.28. The summed E-state index contributed by atoms with van der Waals surface area (Å²) < 4.78 is 7.12. The SMILES string of the molecule is Cc1c(Cl)nc2ncnn2c1N1CCOC(CO)C1. The smallest absolute Gasteiger partial charge is 0.255 e. The lowest BCUT2D eigenvalue weighted by Crippen LogP contribution is -2.45. The Morgan fingerprint density at radius 2 is 2.42 bits per heavy atom. The van der Waals surface area contributed by atoms with Crippen LogP contribution in [0.2, 0.25) is 5.15 Å². The summed E-state index contributed by atoms with van der Waals surface area (Å²) in [7, 11) is 0. The van der Waals surface area contributed by atoms with Crippen LogP contribution in [0, 0.1) is 6.92 Å². The molecule has 3 heterocycles. The van der Waals surface area contributed by atoms with Crippen LogP contribution in [-0.2, 0) is 4.74 Å². The molecule has 0 bridgehead atoms. The second kappa shape index (κ2) is 4.92. The minimum Gasteiger partial charge on any atom is -0.394 e. The van der Waals surface area contributed by atoms with Crippen molar-refractivity contribution in [3.63, 3.8) is 0 Å². The van der Waals surface area contributed by atoms with Crippen LogP contribution in [0.3, 0.4) is 0 Å². The molecule has 0 aromatic carbocycles. The second-order valence-electron chi connectivity index (χ2n) is 4.44. The van der Waals surface area contributed by atoms with E-state index in [1.807, 2.05) is 6.92 Å². The molecule has 3 rings (SSSR count). The molecule has 0 aliphatic carbocycles. The lowest BCUT2D eigenvalue weighted by molar-refractivity contribution is 0.00323. The third-order valence-electron chi connectivity index (χ3n) is 3.22. The first-order chi connectivity index (χ1) is 9.20. The molecule has 1 aliphatic heterocycles. The topological polar surface area (TPSA) is 75.8 Å². The van der Waals surface area contributed by atoms with Crippen molar-refractivity contribution in [2.24, 2.45) is 0 Å². The van der Waals surface area contributed by atoms with Gasteiger partial charge in [-0.3, -0.25) is 0 Å². The van der Waals surface area contributed by atoms with Crippen LogP contribution in [-0.4, -0.2) is 57.1 Å². The summed E-state index contributed by atoms with van der Waals surface area (Å²) in [6, 6.07) is 0. The van der Waals surface area contributed by atoms with E-state index >= 15 is 0 Å². The van der Waals surface area contributed by atoms with Crippen molar-refractivity contribution in [3.8, 4) is 0 Å². The Hall–Kier alpha value is -1.44. The number of rotatable bonds is 2. The van der Waals surface area contributed by atoms with Gasteiger partial charge in [-0.25, -0.2) is 0 Å². The van der Waals surface area contributed by atoms with Crippen LogP contribution < -0.4 is 4.90 Å². The number of aliphatic hydroxyl groups excluding tert-OH is 1. The van der Waals surface area contributed by atoms with Gasteiger partial charge in [-0.15, -0.1) is 0 Å². The van der Waals surface area contributed by atoms with Crippen LogP contribution in [0.25, 0.3) is 5.78 Å². The lowest BCUT2D eigenvalue weighted by Gasteiger charge is -2.34. The van der Waals surface area contributed by atoms with E-state index < -0.39 is 0 Å². The molecule has 0 amide bonds. The van der Waals surface area contributed by atoms with Crippen molar-refractivity contribution >= 4 is 23.2 Å². The third kappa shape index (κ3) is 2.13. The predicted molar refractivity (Wildman–Crippen MR) is 69.6 cm³/mol. The predicted octanol–water partition coefficient (Wildman–Crippen LogP) is 0.284. The third-order valence-corrected chi connectivity index (χ3v) is 3.58. The summed E-state index contributed by atoms with van der Waals surface area (Å²) in [5, 5.41) is 13.8. The van der Waals surface area contributed by atoms with Crippen LogP contribution in [0.1, 0.15) is 5.56 Å². The Kier molecular flexibility index (Phi) is 3.26. The highest BCUT2D eigenvalue weighted by molar-refractivity contribution is 6.30. The van der Waals surface area contributed by atoms with E-state index in [-0.39, 0.29) is 12.7 Å². The van der Waals surface area contributed by atoms with Gasteiger partial charge in [-0.2, -0.15) is 19.6 Å². The fourth-order valence-corrected chi connectivity index (χ4v) is 2.44. The molecule has 1 unspecified atom stereocenters. The van der Waals surface area contributed by atoms with Gasteiger partial charge in [-0.1, -0.05) is 11.6 Å². The zero-order chi connectivity index (χ0) is 13.4. The van der Waals surface area contributed by atoms with Crippen LogP contribution in [0.5, 0.6) is 0 Å². The molecule has 1 atom stereocenters. The van der Waals surface area contributed by atoms with Crippen molar-refractivity contribution in [3.05, 3.63) is 17.0 Å². The number of anilines is 1. The zero-order valence-electron chi connectivity index (χ0n) is 10.5. The highest BCUT2D eigenvalue weighted by Crippen LogP contribution is 2.26. The number of halogens is 1. The minimum atomic E-state index is -0.196. The first kappa shape index (κ1) is 12.6. The number of hydrogen-bond acceptors (Lipinski definition) is 6. The highest BCUT2D eigenvalue weighted by Gasteiger charge is 2.25. The fraction of sp³-hybridized carbons (Fsp3) is 0.545. The molecular weight excluding hydrogens is 270 g/mol. The number of fused-ring (bicyclic) bond motifs is 1. The molecule has 2 aromatic heterocycles. The number of morpholine rings is 1. The van der Waals surface area contributed by atoms with Gasteiger partial charge in [0.25, 0.3) is 5.78 Å². The molecule has 1 N–H and O–H groups in total. The van der Waals surface area contributed by atoms with Gasteiger partial charge >= 0.3 is 0 Å². The van der Waals surface area contributed by atoms with Gasteiger partial charge in [0, 0.05) is 18.7 Å². The van der Waals surface area contributed by atoms with Crippen LogP contribution >= 0.6 is 11.6 Å². The van der Waals surface area contributed by atoms with E-state index in [1.165, 1.54) is 6.33 Å². The first-order valence-electron chi connectivity index (χ1n) is 6.04. The molecule has 1 fully saturated rings. The Labute approximate surface area is 114 Å². The molecule has 0 spiro atoms. The van der Waals surface area contributed by atoms with Crippen molar-refractivity contribution < 1.29 is 9.84 Å². The van der Waals surface area contributed by atoms with Gasteiger partial charge in [0.2, 0.25) is 0 Å². The molecule has 19 heavy (non-hydrogen) atoms. The van der Waals surface area contributed by atoms with Gasteiger partial charge in [0.1, 0.15) is 17.3 Å². The van der Waals surface area contributed by atoms with Gasteiger partial charge < -0.3 is 14.7 Å². The quantitative estimate of drug-likeness (QED) is 0.798. The first-order valence-corrected chi connectivity index (χ1v) is 6.41. The number of hydrogen-bond donors (Lipinski definition) is 1. The minimum absolute atomic E-state index is 0.00510. The average molecular weight is 284 g/mol. The Balaban J connectivity index is 2.08. The molecule has 102 valence electrons. The number of aromatic nitrogens is 4. The maximum Gasteiger partial charge on any atom is 0.255 e. The Bertz CT molecular complexity index is 602. The van der Waals surface area contributed by atoms with Crippen molar-refractivity contribution in [1.82, 2.24) is 19.6 Å². The number of nitrogens with zero attached hydrogens (tertiary/aromatic N) is 5. The summed E-state index contributed by atoms with van der Waals surface area (Å²) >= 11 is 6.14. The van der Waals surface area contributed by atoms with E-state index in [0.717, 1.165) is 11.4 Å². The molecule has 1 saturated heterocycles. The summed E-state index contributed by atoms with van der Waals surface area (Å²) in [6.45, 7) is 3.75. The largest absolute Gasteiger partial charge is 0.394 e. The summed E-state index contributed by atoms with van der Waals surface area (Å²) in [5.41, 5.74) is 0.846. The molecule has 1 aliphatic rings. The van der Waals surface area contributed by atoms with Gasteiger partial charge in [0.15, 0.2) is 0 Å². The Morgan fingerprint density at radius 1 is 1.58 bits per heavy atom. The van der Waals surface area contributed by atoms with Crippen molar-refractivity contribution in [1.29, 1.82) is 0 Å². The van der Waals surface area contributed by atoms with Crippen LogP contribution in [0.4, 0.5) is 5.82 Å². The second-order valence-corrected chi connectivity index (χ2v) is 4.80. The van der Waals surface area contributed by atoms with Crippen LogP contribution in [0.15, 0.2) is 6.33 Å². The molecule has 2 aromatic rings. The Morgan fingerprint density at radius 3 is 3.21 bits per heavy atom. The maximum absolute atomic E-state index is 9.23. The van der Waals surface area contributed by atoms with Gasteiger partial charge in [0.05, 0.1) is 19.3 Å². The van der Waals surface area contributed by atoms with E-state index in [0.29, 0.717) is 30.6 Å². The monoisotopic (exact) mass is 283 g/mol. The highest BCUT2D eigenvalue weighted by atomic mass is 35.5. The van der Waals surface area contributed by atoms with E-state index in [9.17, 15) is 5.11 Å². The average Bonchev–Trinajstić information content (AvgIpc) is 2.87. The molecule has 0 radical (unpaired) electrons. The standard InChI is InChI=1S/C11H14ClN5O2/c1-7-9(12)15-11-13-6-14-17(11)10(7)16-2-3-19-8(4-16)5-18/h6,8,18H,2-5H2,1H3. The molecular formula is C11H14ClN5O2. The molecule has 7 nitrogen and oxygen atoms in total. The van der Waals surface area contributed by atoms with Crippen molar-refractivity contribution in [2.45, 2.75) is 13.0 Å². The summed E-state index contributed by atoms with van der Waals surface area (Å²) in [4.78, 5) is 10.3. The van der Waals surface area contributed by atoms with E-state index in [4.69, 9.17) is 16.3 Å². The molecule has 8 heteroatoms. The maximum atomic E-state index is 9.23. The number of aliphatic hydroxyl groups is 1. The normalized spacial score (nSPS) is 20.2. The van der Waals surface area contributed by atoms with Crippen molar-refractivity contribution in [2.75, 3.05) is 31.2 Å². The summed E-state index contributed by atoms with van der Waals surface area (Å²) in [6.07, 6.45) is 1.25. The van der Waals surface area contributed by atoms with E-state index in [2.05, 4.69) is 20.0 Å². The summed E-state index contributed by atoms with van der Waals surface area (Å²) in [5.74, 6) is 1.33. The van der Waals surface area contributed by atoms with Gasteiger partial charge in [-0.05, 0) is 6.92 Å². The lowest BCUT2D eigenvalue weighted by atomic mass is 10.2. The number of ether oxygens (including phenoxy) is 1. The molecule has 0 saturated carbocycles.